The molecule has 1 aromatic heterocycles. The van der Waals surface area contributed by atoms with Crippen molar-refractivity contribution in [1.82, 2.24) is 19.8 Å². The molecule has 2 heterocycles. The van der Waals surface area contributed by atoms with Crippen molar-refractivity contribution in [3.63, 3.8) is 0 Å². The Balaban J connectivity index is 1.78. The number of carbonyl (C=O) groups excluding carboxylic acids is 1. The van der Waals surface area contributed by atoms with Gasteiger partial charge in [0.05, 0.1) is 24.2 Å². The number of aromatic nitrogens is 2. The minimum Gasteiger partial charge on any atom is -0.424 e. The first-order valence-electron chi connectivity index (χ1n) is 8.16. The van der Waals surface area contributed by atoms with E-state index in [9.17, 15) is 13.2 Å². The Bertz CT molecular complexity index is 890. The molecule has 0 radical (unpaired) electrons. The van der Waals surface area contributed by atoms with Crippen LogP contribution in [0.4, 0.5) is 0 Å². The number of amides is 1. The lowest BCUT2D eigenvalue weighted by Gasteiger charge is -2.27. The molecule has 2 aromatic rings. The average molecular weight is 380 g/mol. The lowest BCUT2D eigenvalue weighted by atomic mass is 10.2. The van der Waals surface area contributed by atoms with E-state index in [1.54, 1.807) is 30.9 Å². The number of nitrogens with one attached hydrogen (secondary N) is 1. The van der Waals surface area contributed by atoms with Gasteiger partial charge in [-0.15, -0.1) is 10.2 Å². The normalized spacial score (nSPS) is 16.5. The minimum atomic E-state index is -3.86. The molecule has 3 rings (SSSR count). The third kappa shape index (κ3) is 4.09. The van der Waals surface area contributed by atoms with Crippen molar-refractivity contribution in [2.45, 2.75) is 24.8 Å². The number of carbonyl (C=O) groups is 1. The van der Waals surface area contributed by atoms with Gasteiger partial charge in [-0.1, -0.05) is 6.07 Å². The molecule has 26 heavy (non-hydrogen) atoms. The molecule has 1 saturated heterocycles. The maximum absolute atomic E-state index is 12.6. The van der Waals surface area contributed by atoms with Crippen molar-refractivity contribution >= 4 is 15.9 Å². The van der Waals surface area contributed by atoms with Crippen LogP contribution in [-0.2, 0) is 14.8 Å². The average Bonchev–Trinajstić information content (AvgIpc) is 3.08. The highest BCUT2D eigenvalue weighted by Gasteiger charge is 2.24. The Hall–Kier alpha value is -2.30. The van der Waals surface area contributed by atoms with E-state index in [0.29, 0.717) is 37.8 Å². The first kappa shape index (κ1) is 18.5. The summed E-state index contributed by atoms with van der Waals surface area (Å²) in [7, 11) is -3.86. The summed E-state index contributed by atoms with van der Waals surface area (Å²) in [5.41, 5.74) is 0.316. The van der Waals surface area contributed by atoms with E-state index in [-0.39, 0.29) is 16.7 Å². The molecule has 0 bridgehead atoms. The summed E-state index contributed by atoms with van der Waals surface area (Å²) in [5, 5.41) is 7.50. The summed E-state index contributed by atoms with van der Waals surface area (Å²) in [5.74, 6) is 0.307. The van der Waals surface area contributed by atoms with Gasteiger partial charge in [-0.05, 0) is 25.1 Å². The van der Waals surface area contributed by atoms with Crippen molar-refractivity contribution in [1.29, 1.82) is 0 Å². The van der Waals surface area contributed by atoms with Gasteiger partial charge < -0.3 is 14.1 Å². The maximum Gasteiger partial charge on any atom is 0.254 e. The van der Waals surface area contributed by atoms with Crippen molar-refractivity contribution in [3.05, 3.63) is 41.6 Å². The SMILES string of the molecule is Cc1nnc(C(C)NS(=O)(=O)c2cccc(C(=O)N3CCOCC3)c2)o1. The zero-order valence-electron chi connectivity index (χ0n) is 14.5. The summed E-state index contributed by atoms with van der Waals surface area (Å²) >= 11 is 0. The number of ether oxygens (including phenoxy) is 1. The van der Waals surface area contributed by atoms with Crippen LogP contribution in [0.3, 0.4) is 0 Å². The highest BCUT2D eigenvalue weighted by atomic mass is 32.2. The van der Waals surface area contributed by atoms with Gasteiger partial charge >= 0.3 is 0 Å². The van der Waals surface area contributed by atoms with Crippen molar-refractivity contribution < 1.29 is 22.4 Å². The van der Waals surface area contributed by atoms with Crippen LogP contribution in [0.1, 0.15) is 35.1 Å². The van der Waals surface area contributed by atoms with E-state index in [0.717, 1.165) is 0 Å². The fourth-order valence-electron chi connectivity index (χ4n) is 2.58. The molecule has 140 valence electrons. The zero-order chi connectivity index (χ0) is 18.7. The smallest absolute Gasteiger partial charge is 0.254 e. The predicted molar refractivity (Wildman–Crippen MR) is 90.9 cm³/mol. The van der Waals surface area contributed by atoms with Crippen LogP contribution in [0.15, 0.2) is 33.6 Å². The lowest BCUT2D eigenvalue weighted by molar-refractivity contribution is 0.0302. The number of morpholine rings is 1. The van der Waals surface area contributed by atoms with Crippen LogP contribution >= 0.6 is 0 Å². The van der Waals surface area contributed by atoms with Gasteiger partial charge in [0, 0.05) is 25.6 Å². The van der Waals surface area contributed by atoms with Crippen molar-refractivity contribution in [2.24, 2.45) is 0 Å². The molecule has 0 spiro atoms. The van der Waals surface area contributed by atoms with Crippen LogP contribution < -0.4 is 4.72 Å². The second-order valence-corrected chi connectivity index (χ2v) is 7.65. The van der Waals surface area contributed by atoms with Gasteiger partial charge in [0.1, 0.15) is 0 Å². The fraction of sp³-hybridized carbons (Fsp3) is 0.438. The van der Waals surface area contributed by atoms with Gasteiger partial charge in [-0.2, -0.15) is 4.72 Å². The summed E-state index contributed by atoms with van der Waals surface area (Å²) < 4.78 is 38.2. The van der Waals surface area contributed by atoms with Crippen LogP contribution in [0.5, 0.6) is 0 Å². The van der Waals surface area contributed by atoms with Crippen molar-refractivity contribution in [2.75, 3.05) is 26.3 Å². The first-order valence-corrected chi connectivity index (χ1v) is 9.64. The molecular weight excluding hydrogens is 360 g/mol. The summed E-state index contributed by atoms with van der Waals surface area (Å²) in [6, 6.07) is 5.25. The first-order chi connectivity index (χ1) is 12.4. The molecule has 1 atom stereocenters. The summed E-state index contributed by atoms with van der Waals surface area (Å²) in [6.07, 6.45) is 0. The summed E-state index contributed by atoms with van der Waals surface area (Å²) in [6.45, 7) is 5.16. The molecule has 10 heteroatoms. The Morgan fingerprint density at radius 2 is 2.00 bits per heavy atom. The van der Waals surface area contributed by atoms with Gasteiger partial charge in [0.2, 0.25) is 21.8 Å². The topological polar surface area (TPSA) is 115 Å². The second-order valence-electron chi connectivity index (χ2n) is 5.93. The molecule has 1 N–H and O–H groups in total. The van der Waals surface area contributed by atoms with Gasteiger partial charge in [0.25, 0.3) is 5.91 Å². The van der Waals surface area contributed by atoms with Crippen molar-refractivity contribution in [3.8, 4) is 0 Å². The van der Waals surface area contributed by atoms with E-state index < -0.39 is 16.1 Å². The number of nitrogens with zero attached hydrogens (tertiary/aromatic N) is 3. The monoisotopic (exact) mass is 380 g/mol. The number of sulfonamides is 1. The Labute approximate surface area is 151 Å². The summed E-state index contributed by atoms with van der Waals surface area (Å²) in [4.78, 5) is 14.2. The maximum atomic E-state index is 12.6. The molecule has 9 nitrogen and oxygen atoms in total. The van der Waals surface area contributed by atoms with E-state index in [1.165, 1.54) is 12.1 Å². The number of aryl methyl sites for hydroxylation is 1. The van der Waals surface area contributed by atoms with Gasteiger partial charge in [0.15, 0.2) is 0 Å². The minimum absolute atomic E-state index is 0.000281. The Morgan fingerprint density at radius 3 is 2.65 bits per heavy atom. The molecule has 1 fully saturated rings. The van der Waals surface area contributed by atoms with Crippen LogP contribution in [-0.4, -0.2) is 55.7 Å². The van der Waals surface area contributed by atoms with E-state index in [1.807, 2.05) is 0 Å². The van der Waals surface area contributed by atoms with Gasteiger partial charge in [-0.3, -0.25) is 4.79 Å². The number of hydrogen-bond donors (Lipinski definition) is 1. The molecule has 1 amide bonds. The van der Waals surface area contributed by atoms with Gasteiger partial charge in [-0.25, -0.2) is 8.42 Å². The van der Waals surface area contributed by atoms with E-state index in [4.69, 9.17) is 9.15 Å². The predicted octanol–water partition coefficient (Wildman–Crippen LogP) is 0.890. The molecule has 1 aromatic carbocycles. The van der Waals surface area contributed by atoms with E-state index in [2.05, 4.69) is 14.9 Å². The third-order valence-electron chi connectivity index (χ3n) is 3.93. The fourth-order valence-corrected chi connectivity index (χ4v) is 3.83. The molecule has 1 aliphatic rings. The zero-order valence-corrected chi connectivity index (χ0v) is 15.3. The van der Waals surface area contributed by atoms with E-state index >= 15 is 0 Å². The second kappa shape index (κ2) is 7.52. The largest absolute Gasteiger partial charge is 0.424 e. The Morgan fingerprint density at radius 1 is 1.27 bits per heavy atom. The lowest BCUT2D eigenvalue weighted by Crippen LogP contribution is -2.40. The van der Waals surface area contributed by atoms with Crippen LogP contribution in [0.2, 0.25) is 0 Å². The molecule has 0 saturated carbocycles. The molecule has 1 aliphatic heterocycles. The Kier molecular flexibility index (Phi) is 5.35. The quantitative estimate of drug-likeness (QED) is 0.819. The highest BCUT2D eigenvalue weighted by Crippen LogP contribution is 2.18. The molecule has 0 aliphatic carbocycles. The molecule has 1 unspecified atom stereocenters. The third-order valence-corrected chi connectivity index (χ3v) is 5.47. The molecular formula is C16H20N4O5S. The van der Waals surface area contributed by atoms with Crippen LogP contribution in [0, 0.1) is 6.92 Å². The number of hydrogen-bond acceptors (Lipinski definition) is 7. The number of rotatable bonds is 5. The highest BCUT2D eigenvalue weighted by molar-refractivity contribution is 7.89. The standard InChI is InChI=1S/C16H20N4O5S/c1-11(15-18-17-12(2)25-15)19-26(22,23)14-5-3-4-13(10-14)16(21)20-6-8-24-9-7-20/h3-5,10-11,19H,6-9H2,1-2H3. The van der Waals surface area contributed by atoms with Crippen LogP contribution in [0.25, 0.3) is 0 Å². The number of benzene rings is 1.